The highest BCUT2D eigenvalue weighted by molar-refractivity contribution is 4.43. The predicted molar refractivity (Wildman–Crippen MR) is 85.3 cm³/mol. The summed E-state index contributed by atoms with van der Waals surface area (Å²) >= 11 is 0. The van der Waals surface area contributed by atoms with E-state index in [1.54, 1.807) is 7.11 Å². The van der Waals surface area contributed by atoms with Gasteiger partial charge in [-0.25, -0.2) is 0 Å². The molecule has 0 fully saturated rings. The van der Waals surface area contributed by atoms with Crippen molar-refractivity contribution in [3.8, 4) is 0 Å². The van der Waals surface area contributed by atoms with E-state index in [9.17, 15) is 0 Å². The van der Waals surface area contributed by atoms with Crippen LogP contribution < -0.4 is 0 Å². The third-order valence-electron chi connectivity index (χ3n) is 2.95. The van der Waals surface area contributed by atoms with Gasteiger partial charge in [0.15, 0.2) is 0 Å². The molecule has 0 rings (SSSR count). The van der Waals surface area contributed by atoms with Crippen molar-refractivity contribution in [3.63, 3.8) is 0 Å². The molecular formula is C16H34O6. The lowest BCUT2D eigenvalue weighted by atomic mass is 10.2. The van der Waals surface area contributed by atoms with Gasteiger partial charge in [0.25, 0.3) is 0 Å². The maximum atomic E-state index is 8.59. The Morgan fingerprint density at radius 1 is 0.500 bits per heavy atom. The highest BCUT2D eigenvalue weighted by Gasteiger charge is 1.94. The zero-order valence-electron chi connectivity index (χ0n) is 14.1. The molecule has 0 atom stereocenters. The van der Waals surface area contributed by atoms with Crippen LogP contribution in [0.2, 0.25) is 0 Å². The zero-order valence-corrected chi connectivity index (χ0v) is 14.1. The normalized spacial score (nSPS) is 11.2. The maximum Gasteiger partial charge on any atom is 0.0701 e. The average molecular weight is 322 g/mol. The number of ether oxygens (including phenoxy) is 5. The minimum Gasteiger partial charge on any atom is -0.396 e. The molecule has 0 aliphatic rings. The largest absolute Gasteiger partial charge is 0.396 e. The fourth-order valence-electron chi connectivity index (χ4n) is 1.71. The van der Waals surface area contributed by atoms with Gasteiger partial charge in [0.1, 0.15) is 0 Å². The van der Waals surface area contributed by atoms with Crippen molar-refractivity contribution in [2.45, 2.75) is 32.1 Å². The molecule has 0 saturated carbocycles. The second kappa shape index (κ2) is 20.8. The molecule has 0 bridgehead atoms. The number of hydrogen-bond donors (Lipinski definition) is 1. The van der Waals surface area contributed by atoms with Crippen molar-refractivity contribution in [1.82, 2.24) is 0 Å². The second-order valence-electron chi connectivity index (χ2n) is 4.93. The number of hydrogen-bond acceptors (Lipinski definition) is 6. The molecule has 0 aromatic heterocycles. The third-order valence-corrected chi connectivity index (χ3v) is 2.95. The first kappa shape index (κ1) is 21.8. The van der Waals surface area contributed by atoms with Crippen molar-refractivity contribution in [2.24, 2.45) is 0 Å². The molecule has 0 aliphatic carbocycles. The van der Waals surface area contributed by atoms with E-state index in [4.69, 9.17) is 28.8 Å². The van der Waals surface area contributed by atoms with Crippen LogP contribution in [0.5, 0.6) is 0 Å². The summed E-state index contributed by atoms with van der Waals surface area (Å²) in [6.07, 6.45) is 5.22. The van der Waals surface area contributed by atoms with Crippen LogP contribution in [0.15, 0.2) is 0 Å². The minimum atomic E-state index is 0.210. The molecular weight excluding hydrogens is 288 g/mol. The Balaban J connectivity index is 2.91. The third kappa shape index (κ3) is 19.8. The van der Waals surface area contributed by atoms with Crippen LogP contribution in [0.25, 0.3) is 0 Å². The molecule has 0 radical (unpaired) electrons. The minimum absolute atomic E-state index is 0.210. The molecule has 0 spiro atoms. The zero-order chi connectivity index (χ0) is 16.1. The summed E-state index contributed by atoms with van der Waals surface area (Å²) in [5, 5.41) is 8.59. The van der Waals surface area contributed by atoms with E-state index in [-0.39, 0.29) is 6.61 Å². The molecule has 6 heteroatoms. The van der Waals surface area contributed by atoms with Gasteiger partial charge in [-0.2, -0.15) is 0 Å². The first-order valence-electron chi connectivity index (χ1n) is 8.32. The van der Waals surface area contributed by atoms with Gasteiger partial charge in [0.05, 0.1) is 39.6 Å². The van der Waals surface area contributed by atoms with Gasteiger partial charge in [-0.1, -0.05) is 12.8 Å². The molecule has 0 aromatic carbocycles. The Hall–Kier alpha value is -0.240. The van der Waals surface area contributed by atoms with E-state index in [1.807, 2.05) is 0 Å². The summed E-state index contributed by atoms with van der Waals surface area (Å²) in [4.78, 5) is 0. The monoisotopic (exact) mass is 322 g/mol. The number of aliphatic hydroxyl groups is 1. The second-order valence-corrected chi connectivity index (χ2v) is 4.93. The Labute approximate surface area is 135 Å². The maximum absolute atomic E-state index is 8.59. The van der Waals surface area contributed by atoms with Crippen molar-refractivity contribution < 1.29 is 28.8 Å². The molecule has 0 amide bonds. The van der Waals surface area contributed by atoms with E-state index in [2.05, 4.69) is 0 Å². The fraction of sp³-hybridized carbons (Fsp3) is 1.00. The van der Waals surface area contributed by atoms with Gasteiger partial charge in [0.2, 0.25) is 0 Å². The van der Waals surface area contributed by atoms with Crippen molar-refractivity contribution in [2.75, 3.05) is 73.2 Å². The van der Waals surface area contributed by atoms with Crippen molar-refractivity contribution >= 4 is 0 Å². The van der Waals surface area contributed by atoms with Gasteiger partial charge in [-0.15, -0.1) is 0 Å². The van der Waals surface area contributed by atoms with E-state index < -0.39 is 0 Å². The van der Waals surface area contributed by atoms with E-state index in [0.717, 1.165) is 45.3 Å². The fourth-order valence-corrected chi connectivity index (χ4v) is 1.71. The van der Waals surface area contributed by atoms with Crippen LogP contribution in [0, 0.1) is 0 Å². The van der Waals surface area contributed by atoms with Crippen LogP contribution >= 0.6 is 0 Å². The number of aliphatic hydroxyl groups excluding tert-OH is 1. The van der Waals surface area contributed by atoms with Gasteiger partial charge >= 0.3 is 0 Å². The predicted octanol–water partition coefficient (Wildman–Crippen LogP) is 1.64. The van der Waals surface area contributed by atoms with Crippen molar-refractivity contribution in [3.05, 3.63) is 0 Å². The number of unbranched alkanes of at least 4 members (excludes halogenated alkanes) is 3. The molecule has 0 aromatic rings. The number of methoxy groups -OCH3 is 1. The van der Waals surface area contributed by atoms with Crippen LogP contribution in [0.4, 0.5) is 0 Å². The van der Waals surface area contributed by atoms with Crippen LogP contribution in [0.1, 0.15) is 32.1 Å². The Bertz CT molecular complexity index is 171. The average Bonchev–Trinajstić information content (AvgIpc) is 2.54. The quantitative estimate of drug-likeness (QED) is 0.365. The van der Waals surface area contributed by atoms with Gasteiger partial charge in [0, 0.05) is 33.5 Å². The van der Waals surface area contributed by atoms with E-state index in [1.165, 1.54) is 0 Å². The van der Waals surface area contributed by atoms with Crippen LogP contribution in [-0.2, 0) is 23.7 Å². The number of rotatable bonds is 19. The molecule has 1 N–H and O–H groups in total. The van der Waals surface area contributed by atoms with Crippen LogP contribution in [0.3, 0.4) is 0 Å². The molecule has 22 heavy (non-hydrogen) atoms. The van der Waals surface area contributed by atoms with Crippen LogP contribution in [-0.4, -0.2) is 78.3 Å². The highest BCUT2D eigenvalue weighted by atomic mass is 16.6. The van der Waals surface area contributed by atoms with E-state index in [0.29, 0.717) is 46.2 Å². The van der Waals surface area contributed by atoms with Gasteiger partial charge < -0.3 is 28.8 Å². The SMILES string of the molecule is COCCOCCOCCOCCCCCCOCCCO. The Kier molecular flexibility index (Phi) is 20.5. The van der Waals surface area contributed by atoms with Gasteiger partial charge in [-0.3, -0.25) is 0 Å². The first-order valence-corrected chi connectivity index (χ1v) is 8.32. The lowest BCUT2D eigenvalue weighted by Crippen LogP contribution is -2.11. The topological polar surface area (TPSA) is 66.4 Å². The summed E-state index contributed by atoms with van der Waals surface area (Å²) in [7, 11) is 1.66. The molecule has 0 aliphatic heterocycles. The standard InChI is InChI=1S/C16H34O6/c1-18-11-12-21-15-16-22-14-13-20-9-5-3-2-4-8-19-10-6-7-17/h17H,2-16H2,1H3. The lowest BCUT2D eigenvalue weighted by molar-refractivity contribution is 0.00319. The van der Waals surface area contributed by atoms with Gasteiger partial charge in [-0.05, 0) is 19.3 Å². The molecule has 0 heterocycles. The molecule has 0 unspecified atom stereocenters. The lowest BCUT2D eigenvalue weighted by Gasteiger charge is -2.07. The summed E-state index contributed by atoms with van der Waals surface area (Å²) in [5.41, 5.74) is 0. The molecule has 0 saturated heterocycles. The van der Waals surface area contributed by atoms with E-state index >= 15 is 0 Å². The Morgan fingerprint density at radius 3 is 1.41 bits per heavy atom. The summed E-state index contributed by atoms with van der Waals surface area (Å²) in [6, 6.07) is 0. The van der Waals surface area contributed by atoms with Crippen molar-refractivity contribution in [1.29, 1.82) is 0 Å². The first-order chi connectivity index (χ1) is 10.9. The summed E-state index contributed by atoms with van der Waals surface area (Å²) in [6.45, 7) is 6.15. The molecule has 134 valence electrons. The highest BCUT2D eigenvalue weighted by Crippen LogP contribution is 2.00. The summed E-state index contributed by atoms with van der Waals surface area (Å²) in [5.74, 6) is 0. The molecule has 6 nitrogen and oxygen atoms in total. The Morgan fingerprint density at radius 2 is 0.909 bits per heavy atom. The smallest absolute Gasteiger partial charge is 0.0701 e. The summed E-state index contributed by atoms with van der Waals surface area (Å²) < 4.78 is 26.4.